The zero-order valence-corrected chi connectivity index (χ0v) is 6.93. The van der Waals surface area contributed by atoms with E-state index in [1.54, 1.807) is 0 Å². The van der Waals surface area contributed by atoms with Crippen molar-refractivity contribution < 1.29 is 4.39 Å². The maximum Gasteiger partial charge on any atom is 0.139 e. The lowest BCUT2D eigenvalue weighted by atomic mass is 10.3. The second-order valence-corrected chi connectivity index (χ2v) is 2.77. The van der Waals surface area contributed by atoms with E-state index in [0.29, 0.717) is 0 Å². The van der Waals surface area contributed by atoms with Crippen LogP contribution in [0.3, 0.4) is 0 Å². The summed E-state index contributed by atoms with van der Waals surface area (Å²) >= 11 is 2.89. The van der Waals surface area contributed by atoms with Gasteiger partial charge in [-0.05, 0) is 27.2 Å². The molecular formula is C6H4BrFN2O. The molecule has 0 aliphatic carbocycles. The van der Waals surface area contributed by atoms with Gasteiger partial charge in [0.15, 0.2) is 0 Å². The first-order valence-corrected chi connectivity index (χ1v) is 3.52. The highest BCUT2D eigenvalue weighted by Crippen LogP contribution is 2.28. The number of halogens is 2. The number of nitroso groups, excluding NO2 is 1. The van der Waals surface area contributed by atoms with E-state index in [-0.39, 0.29) is 15.8 Å². The summed E-state index contributed by atoms with van der Waals surface area (Å²) in [6, 6.07) is 2.28. The molecule has 0 aliphatic heterocycles. The summed E-state index contributed by atoms with van der Waals surface area (Å²) in [6.07, 6.45) is 0. The predicted octanol–water partition coefficient (Wildman–Crippen LogP) is 2.57. The van der Waals surface area contributed by atoms with Crippen molar-refractivity contribution in [2.45, 2.75) is 0 Å². The van der Waals surface area contributed by atoms with Crippen molar-refractivity contribution in [1.29, 1.82) is 0 Å². The molecular weight excluding hydrogens is 215 g/mol. The fourth-order valence-electron chi connectivity index (χ4n) is 0.631. The van der Waals surface area contributed by atoms with Crippen LogP contribution in [0.25, 0.3) is 0 Å². The lowest BCUT2D eigenvalue weighted by Gasteiger charge is -1.98. The molecule has 0 aliphatic rings. The van der Waals surface area contributed by atoms with E-state index in [4.69, 9.17) is 5.73 Å². The molecule has 0 amide bonds. The molecule has 58 valence electrons. The first-order chi connectivity index (χ1) is 5.15. The van der Waals surface area contributed by atoms with Gasteiger partial charge in [0.05, 0.1) is 10.2 Å². The van der Waals surface area contributed by atoms with Crippen molar-refractivity contribution in [1.82, 2.24) is 0 Å². The highest BCUT2D eigenvalue weighted by Gasteiger charge is 2.04. The molecule has 0 atom stereocenters. The Hall–Kier alpha value is -0.970. The highest BCUT2D eigenvalue weighted by atomic mass is 79.9. The number of rotatable bonds is 1. The summed E-state index contributed by atoms with van der Waals surface area (Å²) in [5.74, 6) is -0.505. The van der Waals surface area contributed by atoms with Crippen LogP contribution in [0.2, 0.25) is 0 Å². The largest absolute Gasteiger partial charge is 0.397 e. The van der Waals surface area contributed by atoms with Crippen molar-refractivity contribution >= 4 is 27.3 Å². The maximum atomic E-state index is 12.6. The molecule has 1 aromatic rings. The molecule has 0 heterocycles. The molecule has 3 nitrogen and oxygen atoms in total. The Morgan fingerprint density at radius 2 is 2.18 bits per heavy atom. The zero-order chi connectivity index (χ0) is 8.43. The SMILES string of the molecule is Nc1cc(F)c(Br)cc1N=O. The standard InChI is InChI=1S/C6H4BrFN2O/c7-3-1-6(10-11)5(9)2-4(3)8/h1-2H,9H2. The Labute approximate surface area is 70.5 Å². The van der Waals surface area contributed by atoms with Crippen LogP contribution in [-0.4, -0.2) is 0 Å². The van der Waals surface area contributed by atoms with Gasteiger partial charge >= 0.3 is 0 Å². The molecule has 1 rings (SSSR count). The van der Waals surface area contributed by atoms with Crippen LogP contribution < -0.4 is 5.73 Å². The molecule has 11 heavy (non-hydrogen) atoms. The van der Waals surface area contributed by atoms with Crippen LogP contribution in [0.15, 0.2) is 21.8 Å². The van der Waals surface area contributed by atoms with Crippen LogP contribution in [0.5, 0.6) is 0 Å². The molecule has 0 unspecified atom stereocenters. The van der Waals surface area contributed by atoms with E-state index >= 15 is 0 Å². The number of nitrogens with zero attached hydrogens (tertiary/aromatic N) is 1. The van der Waals surface area contributed by atoms with Crippen LogP contribution >= 0.6 is 15.9 Å². The number of hydrogen-bond donors (Lipinski definition) is 1. The normalized spacial score (nSPS) is 9.64. The van der Waals surface area contributed by atoms with Gasteiger partial charge in [-0.15, -0.1) is 4.91 Å². The average molecular weight is 219 g/mol. The molecule has 1 aromatic carbocycles. The number of nitrogens with two attached hydrogens (primary N) is 1. The lowest BCUT2D eigenvalue weighted by Crippen LogP contribution is -1.87. The summed E-state index contributed by atoms with van der Waals surface area (Å²) in [7, 11) is 0. The van der Waals surface area contributed by atoms with Crippen molar-refractivity contribution in [2.75, 3.05) is 5.73 Å². The topological polar surface area (TPSA) is 55.4 Å². The third-order valence-corrected chi connectivity index (χ3v) is 1.78. The smallest absolute Gasteiger partial charge is 0.139 e. The van der Waals surface area contributed by atoms with Gasteiger partial charge in [0.2, 0.25) is 0 Å². The minimum absolute atomic E-state index is 0.0401. The Bertz CT molecular complexity index is 303. The average Bonchev–Trinajstić information content (AvgIpc) is 1.97. The predicted molar refractivity (Wildman–Crippen MR) is 44.0 cm³/mol. The summed E-state index contributed by atoms with van der Waals surface area (Å²) < 4.78 is 12.8. The van der Waals surface area contributed by atoms with Gasteiger partial charge in [-0.25, -0.2) is 4.39 Å². The fraction of sp³-hybridized carbons (Fsp3) is 0. The van der Waals surface area contributed by atoms with E-state index in [2.05, 4.69) is 21.1 Å². The summed E-state index contributed by atoms with van der Waals surface area (Å²) in [5, 5.41) is 2.60. The van der Waals surface area contributed by atoms with E-state index in [1.807, 2.05) is 0 Å². The van der Waals surface area contributed by atoms with Crippen molar-refractivity contribution in [2.24, 2.45) is 5.18 Å². The molecule has 2 N–H and O–H groups in total. The third kappa shape index (κ3) is 1.54. The fourth-order valence-corrected chi connectivity index (χ4v) is 0.962. The van der Waals surface area contributed by atoms with Crippen molar-refractivity contribution in [3.05, 3.63) is 27.3 Å². The first-order valence-electron chi connectivity index (χ1n) is 2.73. The third-order valence-electron chi connectivity index (χ3n) is 1.17. The summed E-state index contributed by atoms with van der Waals surface area (Å²) in [6.45, 7) is 0. The number of nitrogen functional groups attached to an aromatic ring is 1. The van der Waals surface area contributed by atoms with Gasteiger partial charge in [0.1, 0.15) is 11.5 Å². The Morgan fingerprint density at radius 1 is 1.55 bits per heavy atom. The minimum atomic E-state index is -0.505. The van der Waals surface area contributed by atoms with E-state index in [1.165, 1.54) is 6.07 Å². The summed E-state index contributed by atoms with van der Waals surface area (Å²) in [4.78, 5) is 10.0. The van der Waals surface area contributed by atoms with E-state index in [0.717, 1.165) is 6.07 Å². The molecule has 0 bridgehead atoms. The van der Waals surface area contributed by atoms with Crippen LogP contribution in [0.4, 0.5) is 15.8 Å². The Balaban J connectivity index is 3.31. The Kier molecular flexibility index (Phi) is 2.19. The quantitative estimate of drug-likeness (QED) is 0.582. The van der Waals surface area contributed by atoms with Gasteiger partial charge in [-0.3, -0.25) is 0 Å². The lowest BCUT2D eigenvalue weighted by molar-refractivity contribution is 0.622. The number of benzene rings is 1. The maximum absolute atomic E-state index is 12.6. The van der Waals surface area contributed by atoms with Crippen LogP contribution in [0, 0.1) is 10.7 Å². The van der Waals surface area contributed by atoms with Gasteiger partial charge in [0.25, 0.3) is 0 Å². The zero-order valence-electron chi connectivity index (χ0n) is 5.34. The van der Waals surface area contributed by atoms with Crippen molar-refractivity contribution in [3.63, 3.8) is 0 Å². The van der Waals surface area contributed by atoms with Crippen LogP contribution in [-0.2, 0) is 0 Å². The molecule has 0 radical (unpaired) electrons. The highest BCUT2D eigenvalue weighted by molar-refractivity contribution is 9.10. The van der Waals surface area contributed by atoms with E-state index < -0.39 is 5.82 Å². The number of anilines is 1. The Morgan fingerprint density at radius 3 is 2.73 bits per heavy atom. The monoisotopic (exact) mass is 218 g/mol. The second kappa shape index (κ2) is 2.96. The molecule has 0 saturated carbocycles. The molecule has 0 fully saturated rings. The second-order valence-electron chi connectivity index (χ2n) is 1.92. The van der Waals surface area contributed by atoms with Gasteiger partial charge < -0.3 is 5.73 Å². The van der Waals surface area contributed by atoms with Crippen molar-refractivity contribution in [3.8, 4) is 0 Å². The first kappa shape index (κ1) is 8.13. The number of hydrogen-bond acceptors (Lipinski definition) is 3. The van der Waals surface area contributed by atoms with E-state index in [9.17, 15) is 9.30 Å². The molecule has 0 spiro atoms. The van der Waals surface area contributed by atoms with Gasteiger partial charge in [-0.1, -0.05) is 0 Å². The van der Waals surface area contributed by atoms with Crippen LogP contribution in [0.1, 0.15) is 0 Å². The molecule has 0 aromatic heterocycles. The van der Waals surface area contributed by atoms with Gasteiger partial charge in [-0.2, -0.15) is 0 Å². The summed E-state index contributed by atoms with van der Waals surface area (Å²) in [5.41, 5.74) is 5.33. The molecule has 5 heteroatoms. The molecule has 0 saturated heterocycles. The minimum Gasteiger partial charge on any atom is -0.397 e. The van der Waals surface area contributed by atoms with Gasteiger partial charge in [0, 0.05) is 6.07 Å².